The van der Waals surface area contributed by atoms with Crippen LogP contribution in [0.1, 0.15) is 25.8 Å². The van der Waals surface area contributed by atoms with Crippen LogP contribution in [0.25, 0.3) is 0 Å². The van der Waals surface area contributed by atoms with Crippen molar-refractivity contribution < 1.29 is 26.8 Å². The fourth-order valence-corrected chi connectivity index (χ4v) is 4.21. The molecule has 1 N–H and O–H groups in total. The van der Waals surface area contributed by atoms with Gasteiger partial charge in [0.25, 0.3) is 0 Å². The quantitative estimate of drug-likeness (QED) is 0.518. The minimum absolute atomic E-state index is 0.152. The molecule has 34 heavy (non-hydrogen) atoms. The van der Waals surface area contributed by atoms with Crippen molar-refractivity contribution in [1.29, 1.82) is 0 Å². The molecule has 0 aromatic heterocycles. The van der Waals surface area contributed by atoms with Gasteiger partial charge in [0.1, 0.15) is 24.2 Å². The van der Waals surface area contributed by atoms with Gasteiger partial charge in [0.2, 0.25) is 11.8 Å². The first-order chi connectivity index (χ1) is 16.0. The highest BCUT2D eigenvalue weighted by molar-refractivity contribution is 7.90. The van der Waals surface area contributed by atoms with Crippen LogP contribution in [0.2, 0.25) is 0 Å². The first-order valence-corrected chi connectivity index (χ1v) is 12.2. The van der Waals surface area contributed by atoms with Gasteiger partial charge in [-0.2, -0.15) is 12.7 Å². The van der Waals surface area contributed by atoms with E-state index in [9.17, 15) is 26.8 Å². The van der Waals surface area contributed by atoms with E-state index in [-0.39, 0.29) is 17.8 Å². The molecule has 11 heteroatoms. The molecular formula is C23H30F2N4O4S. The van der Waals surface area contributed by atoms with Crippen LogP contribution in [0.4, 0.5) is 14.5 Å². The molecule has 0 radical (unpaired) electrons. The number of benzene rings is 2. The molecule has 2 amide bonds. The fourth-order valence-electron chi connectivity index (χ4n) is 3.14. The van der Waals surface area contributed by atoms with Gasteiger partial charge in [-0.3, -0.25) is 9.59 Å². The predicted molar refractivity (Wildman–Crippen MR) is 126 cm³/mol. The van der Waals surface area contributed by atoms with Crippen LogP contribution in [0.3, 0.4) is 0 Å². The lowest BCUT2D eigenvalue weighted by atomic mass is 10.1. The van der Waals surface area contributed by atoms with E-state index in [2.05, 4.69) is 5.32 Å². The molecule has 0 aliphatic rings. The van der Waals surface area contributed by atoms with Gasteiger partial charge >= 0.3 is 10.2 Å². The lowest BCUT2D eigenvalue weighted by Gasteiger charge is -2.33. The van der Waals surface area contributed by atoms with Gasteiger partial charge in [0.05, 0.1) is 5.69 Å². The number of rotatable bonds is 11. The van der Waals surface area contributed by atoms with E-state index in [4.69, 9.17) is 0 Å². The first-order valence-electron chi connectivity index (χ1n) is 10.8. The summed E-state index contributed by atoms with van der Waals surface area (Å²) in [5.41, 5.74) is -0.169. The molecule has 1 atom stereocenters. The van der Waals surface area contributed by atoms with E-state index in [0.717, 1.165) is 15.3 Å². The number of hydrogen-bond donors (Lipinski definition) is 1. The maximum absolute atomic E-state index is 14.5. The lowest BCUT2D eigenvalue weighted by Crippen LogP contribution is -2.52. The summed E-state index contributed by atoms with van der Waals surface area (Å²) in [6.07, 6.45) is 0.669. The number of nitrogens with zero attached hydrogens (tertiary/aromatic N) is 3. The molecule has 0 fully saturated rings. The zero-order chi connectivity index (χ0) is 25.5. The van der Waals surface area contributed by atoms with Crippen LogP contribution in [-0.4, -0.2) is 62.7 Å². The first kappa shape index (κ1) is 27.2. The Morgan fingerprint density at radius 3 is 2.15 bits per heavy atom. The Morgan fingerprint density at radius 2 is 1.59 bits per heavy atom. The van der Waals surface area contributed by atoms with Gasteiger partial charge in [0, 0.05) is 32.7 Å². The van der Waals surface area contributed by atoms with E-state index in [1.54, 1.807) is 6.07 Å². The molecule has 0 spiro atoms. The maximum atomic E-state index is 14.5. The van der Waals surface area contributed by atoms with Gasteiger partial charge in [-0.05, 0) is 31.5 Å². The monoisotopic (exact) mass is 496 g/mol. The van der Waals surface area contributed by atoms with Crippen molar-refractivity contribution in [3.8, 4) is 0 Å². The van der Waals surface area contributed by atoms with Crippen molar-refractivity contribution in [1.82, 2.24) is 14.5 Å². The van der Waals surface area contributed by atoms with E-state index < -0.39 is 46.2 Å². The van der Waals surface area contributed by atoms with Crippen molar-refractivity contribution in [3.63, 3.8) is 0 Å². The minimum atomic E-state index is -4.28. The highest BCUT2D eigenvalue weighted by atomic mass is 32.2. The highest BCUT2D eigenvalue weighted by Crippen LogP contribution is 2.24. The van der Waals surface area contributed by atoms with Crippen LogP contribution in [0.5, 0.6) is 0 Å². The highest BCUT2D eigenvalue weighted by Gasteiger charge is 2.33. The maximum Gasteiger partial charge on any atom is 0.304 e. The molecule has 0 unspecified atom stereocenters. The summed E-state index contributed by atoms with van der Waals surface area (Å²) in [7, 11) is -1.77. The number of nitrogens with one attached hydrogen (secondary N) is 1. The Bertz CT molecular complexity index is 1110. The van der Waals surface area contributed by atoms with Gasteiger partial charge in [-0.25, -0.2) is 13.1 Å². The Labute approximate surface area is 199 Å². The summed E-state index contributed by atoms with van der Waals surface area (Å²) in [4.78, 5) is 27.1. The van der Waals surface area contributed by atoms with E-state index in [1.807, 2.05) is 6.92 Å². The molecule has 2 aromatic carbocycles. The number of para-hydroxylation sites is 1. The van der Waals surface area contributed by atoms with Crippen molar-refractivity contribution in [3.05, 3.63) is 65.7 Å². The second kappa shape index (κ2) is 11.9. The molecule has 0 saturated carbocycles. The summed E-state index contributed by atoms with van der Waals surface area (Å²) < 4.78 is 56.3. The van der Waals surface area contributed by atoms with Crippen LogP contribution in [-0.2, 0) is 26.3 Å². The summed E-state index contributed by atoms with van der Waals surface area (Å²) >= 11 is 0. The van der Waals surface area contributed by atoms with Crippen LogP contribution in [0.15, 0.2) is 48.5 Å². The molecule has 186 valence electrons. The van der Waals surface area contributed by atoms with Gasteiger partial charge in [0.15, 0.2) is 0 Å². The molecule has 0 saturated heterocycles. The molecule has 0 aliphatic heterocycles. The lowest BCUT2D eigenvalue weighted by molar-refractivity contribution is -0.139. The molecule has 0 heterocycles. The SMILES string of the molecule is CCCNC(=O)[C@@H](C)N(Cc1ccccc1F)C(=O)CN(c1ccccc1F)S(=O)(=O)N(C)C. The van der Waals surface area contributed by atoms with Crippen molar-refractivity contribution in [2.75, 3.05) is 31.5 Å². The summed E-state index contributed by atoms with van der Waals surface area (Å²) in [6, 6.07) is 9.89. The van der Waals surface area contributed by atoms with Crippen LogP contribution < -0.4 is 9.62 Å². The van der Waals surface area contributed by atoms with Crippen molar-refractivity contribution in [2.24, 2.45) is 0 Å². The van der Waals surface area contributed by atoms with Crippen molar-refractivity contribution >= 4 is 27.7 Å². The third-order valence-electron chi connectivity index (χ3n) is 5.16. The number of carbonyl (C=O) groups excluding carboxylic acids is 2. The average molecular weight is 497 g/mol. The molecular weight excluding hydrogens is 466 g/mol. The normalized spacial score (nSPS) is 12.3. The number of carbonyl (C=O) groups is 2. The summed E-state index contributed by atoms with van der Waals surface area (Å²) in [6.45, 7) is 2.64. The second-order valence-electron chi connectivity index (χ2n) is 7.83. The molecule has 0 aliphatic carbocycles. The molecule has 2 aromatic rings. The van der Waals surface area contributed by atoms with Crippen LogP contribution >= 0.6 is 0 Å². The Balaban J connectivity index is 2.47. The van der Waals surface area contributed by atoms with E-state index >= 15 is 0 Å². The zero-order valence-corrected chi connectivity index (χ0v) is 20.5. The second-order valence-corrected chi connectivity index (χ2v) is 9.90. The number of halogens is 2. The summed E-state index contributed by atoms with van der Waals surface area (Å²) in [5, 5.41) is 2.68. The zero-order valence-electron chi connectivity index (χ0n) is 19.7. The minimum Gasteiger partial charge on any atom is -0.354 e. The predicted octanol–water partition coefficient (Wildman–Crippen LogP) is 2.52. The Hall–Kier alpha value is -3.05. The van der Waals surface area contributed by atoms with Gasteiger partial charge < -0.3 is 10.2 Å². The largest absolute Gasteiger partial charge is 0.354 e. The Morgan fingerprint density at radius 1 is 1.00 bits per heavy atom. The molecule has 8 nitrogen and oxygen atoms in total. The average Bonchev–Trinajstić information content (AvgIpc) is 2.80. The number of hydrogen-bond acceptors (Lipinski definition) is 4. The van der Waals surface area contributed by atoms with Crippen molar-refractivity contribution in [2.45, 2.75) is 32.9 Å². The van der Waals surface area contributed by atoms with E-state index in [0.29, 0.717) is 17.3 Å². The third-order valence-corrected chi connectivity index (χ3v) is 6.96. The number of amides is 2. The summed E-state index contributed by atoms with van der Waals surface area (Å²) in [5.74, 6) is -2.68. The third kappa shape index (κ3) is 6.51. The number of anilines is 1. The van der Waals surface area contributed by atoms with Gasteiger partial charge in [-0.1, -0.05) is 37.3 Å². The topological polar surface area (TPSA) is 90.0 Å². The Kier molecular flexibility index (Phi) is 9.51. The van der Waals surface area contributed by atoms with E-state index in [1.165, 1.54) is 57.4 Å². The fraction of sp³-hybridized carbons (Fsp3) is 0.391. The smallest absolute Gasteiger partial charge is 0.304 e. The molecule has 2 rings (SSSR count). The van der Waals surface area contributed by atoms with Gasteiger partial charge in [-0.15, -0.1) is 0 Å². The molecule has 0 bridgehead atoms. The standard InChI is InChI=1S/C23H30F2N4O4S/c1-5-14-26-23(31)17(2)28(15-18-10-6-7-11-19(18)24)22(30)16-29(34(32,33)27(3)4)21-13-9-8-12-20(21)25/h6-13,17H,5,14-16H2,1-4H3,(H,26,31)/t17-/m1/s1. The van der Waals surface area contributed by atoms with Crippen LogP contribution in [0, 0.1) is 11.6 Å².